The van der Waals surface area contributed by atoms with Crippen molar-refractivity contribution in [3.05, 3.63) is 41.8 Å². The lowest BCUT2D eigenvalue weighted by Gasteiger charge is -2.40. The number of pyridine rings is 1. The summed E-state index contributed by atoms with van der Waals surface area (Å²) in [5, 5.41) is 0.777. The molecule has 0 aliphatic carbocycles. The summed E-state index contributed by atoms with van der Waals surface area (Å²) in [6.07, 6.45) is 1.49. The molecular formula is C20H27FN4O3S. The number of hydrogen-bond acceptors (Lipinski definition) is 5. The van der Waals surface area contributed by atoms with E-state index in [0.29, 0.717) is 45.8 Å². The predicted molar refractivity (Wildman–Crippen MR) is 109 cm³/mol. The minimum absolute atomic E-state index is 0.108. The Hall–Kier alpha value is -1.65. The molecule has 2 aromatic rings. The van der Waals surface area contributed by atoms with Crippen molar-refractivity contribution in [2.75, 3.05) is 39.3 Å². The number of benzene rings is 1. The first-order chi connectivity index (χ1) is 13.8. The maximum Gasteiger partial charge on any atom is 0.282 e. The van der Waals surface area contributed by atoms with Gasteiger partial charge in [-0.25, -0.2) is 4.39 Å². The molecule has 2 saturated heterocycles. The van der Waals surface area contributed by atoms with Crippen LogP contribution in [0.5, 0.6) is 0 Å². The van der Waals surface area contributed by atoms with Crippen molar-refractivity contribution in [1.29, 1.82) is 0 Å². The molecular weight excluding hydrogens is 395 g/mol. The van der Waals surface area contributed by atoms with E-state index in [-0.39, 0.29) is 18.0 Å². The average Bonchev–Trinajstić information content (AvgIpc) is 2.67. The van der Waals surface area contributed by atoms with Crippen molar-refractivity contribution in [3.63, 3.8) is 0 Å². The van der Waals surface area contributed by atoms with Crippen LogP contribution in [0.1, 0.15) is 19.4 Å². The lowest BCUT2D eigenvalue weighted by Crippen LogP contribution is -2.57. The van der Waals surface area contributed by atoms with Gasteiger partial charge in [-0.1, -0.05) is 6.07 Å². The fourth-order valence-electron chi connectivity index (χ4n) is 4.19. The quantitative estimate of drug-likeness (QED) is 0.752. The fourth-order valence-corrected chi connectivity index (χ4v) is 5.94. The Morgan fingerprint density at radius 1 is 1.10 bits per heavy atom. The van der Waals surface area contributed by atoms with Crippen molar-refractivity contribution in [1.82, 2.24) is 18.5 Å². The molecule has 0 N–H and O–H groups in total. The second-order valence-corrected chi connectivity index (χ2v) is 9.83. The monoisotopic (exact) mass is 422 g/mol. The SMILES string of the molecule is CC1CN(S(=O)(=O)N2CCN(Cc3cc(F)cc4cccnc34)CC2)CC(C)O1. The van der Waals surface area contributed by atoms with Crippen molar-refractivity contribution < 1.29 is 17.5 Å². The number of rotatable bonds is 4. The van der Waals surface area contributed by atoms with Gasteiger partial charge in [-0.2, -0.15) is 17.0 Å². The first-order valence-corrected chi connectivity index (χ1v) is 11.4. The highest BCUT2D eigenvalue weighted by Gasteiger charge is 2.36. The van der Waals surface area contributed by atoms with Gasteiger partial charge in [0.2, 0.25) is 0 Å². The third-order valence-corrected chi connectivity index (χ3v) is 7.48. The van der Waals surface area contributed by atoms with Crippen molar-refractivity contribution in [2.45, 2.75) is 32.6 Å². The Kier molecular flexibility index (Phi) is 5.85. The standard InChI is InChI=1S/C20H27FN4O3S/c1-15-12-25(13-16(2)28-15)29(26,27)24-8-6-23(7-9-24)14-18-11-19(21)10-17-4-3-5-22-20(17)18/h3-5,10-11,15-16H,6-9,12-14H2,1-2H3. The molecule has 29 heavy (non-hydrogen) atoms. The Morgan fingerprint density at radius 3 is 2.48 bits per heavy atom. The third-order valence-electron chi connectivity index (χ3n) is 5.51. The number of piperazine rings is 1. The maximum atomic E-state index is 14.0. The molecule has 4 rings (SSSR count). The number of hydrogen-bond donors (Lipinski definition) is 0. The second-order valence-electron chi connectivity index (χ2n) is 7.90. The highest BCUT2D eigenvalue weighted by molar-refractivity contribution is 7.86. The van der Waals surface area contributed by atoms with Crippen LogP contribution >= 0.6 is 0 Å². The number of nitrogens with zero attached hydrogens (tertiary/aromatic N) is 4. The van der Waals surface area contributed by atoms with E-state index < -0.39 is 10.2 Å². The highest BCUT2D eigenvalue weighted by atomic mass is 32.2. The fraction of sp³-hybridized carbons (Fsp3) is 0.550. The van der Waals surface area contributed by atoms with E-state index in [4.69, 9.17) is 4.74 Å². The van der Waals surface area contributed by atoms with Gasteiger partial charge in [-0.05, 0) is 37.6 Å². The molecule has 0 amide bonds. The Bertz CT molecular complexity index is 969. The van der Waals surface area contributed by atoms with Gasteiger partial charge in [-0.3, -0.25) is 9.88 Å². The minimum atomic E-state index is -3.50. The summed E-state index contributed by atoms with van der Waals surface area (Å²) < 4.78 is 48.8. The first-order valence-electron chi connectivity index (χ1n) is 9.99. The molecule has 9 heteroatoms. The molecule has 1 aromatic heterocycles. The van der Waals surface area contributed by atoms with Gasteiger partial charge >= 0.3 is 0 Å². The Morgan fingerprint density at radius 2 is 1.79 bits per heavy atom. The number of fused-ring (bicyclic) bond motifs is 1. The van der Waals surface area contributed by atoms with Crippen LogP contribution in [0.4, 0.5) is 4.39 Å². The van der Waals surface area contributed by atoms with E-state index in [0.717, 1.165) is 16.5 Å². The Labute approximate surface area is 171 Å². The molecule has 0 spiro atoms. The minimum Gasteiger partial charge on any atom is -0.373 e. The molecule has 2 aliphatic rings. The Balaban J connectivity index is 1.42. The van der Waals surface area contributed by atoms with Crippen LogP contribution in [0, 0.1) is 5.82 Å². The zero-order valence-corrected chi connectivity index (χ0v) is 17.6. The molecule has 2 fully saturated rings. The van der Waals surface area contributed by atoms with Crippen molar-refractivity contribution in [3.8, 4) is 0 Å². The van der Waals surface area contributed by atoms with E-state index >= 15 is 0 Å². The molecule has 2 aliphatic heterocycles. The first kappa shape index (κ1) is 20.6. The summed E-state index contributed by atoms with van der Waals surface area (Å²) >= 11 is 0. The van der Waals surface area contributed by atoms with Gasteiger partial charge in [0.1, 0.15) is 5.82 Å². The summed E-state index contributed by atoms with van der Waals surface area (Å²) in [5.74, 6) is -0.280. The molecule has 2 atom stereocenters. The third kappa shape index (κ3) is 4.44. The molecule has 2 unspecified atom stereocenters. The van der Waals surface area contributed by atoms with Crippen molar-refractivity contribution >= 4 is 21.1 Å². The van der Waals surface area contributed by atoms with E-state index in [1.807, 2.05) is 19.9 Å². The van der Waals surface area contributed by atoms with Crippen LogP contribution in [0.25, 0.3) is 10.9 Å². The molecule has 0 bridgehead atoms. The summed E-state index contributed by atoms with van der Waals surface area (Å²) in [7, 11) is -3.50. The lowest BCUT2D eigenvalue weighted by molar-refractivity contribution is -0.0457. The van der Waals surface area contributed by atoms with Gasteiger partial charge in [0.15, 0.2) is 0 Å². The zero-order valence-electron chi connectivity index (χ0n) is 16.8. The summed E-state index contributed by atoms with van der Waals surface area (Å²) in [6, 6.07) is 6.65. The smallest absolute Gasteiger partial charge is 0.282 e. The number of aromatic nitrogens is 1. The maximum absolute atomic E-state index is 14.0. The van der Waals surface area contributed by atoms with E-state index in [1.54, 1.807) is 16.6 Å². The molecule has 7 nitrogen and oxygen atoms in total. The topological polar surface area (TPSA) is 66.0 Å². The number of ether oxygens (including phenoxy) is 1. The van der Waals surface area contributed by atoms with E-state index in [9.17, 15) is 12.8 Å². The van der Waals surface area contributed by atoms with Gasteiger partial charge in [0, 0.05) is 57.4 Å². The molecule has 0 radical (unpaired) electrons. The van der Waals surface area contributed by atoms with Crippen LogP contribution in [-0.2, 0) is 21.5 Å². The second kappa shape index (κ2) is 8.23. The lowest BCUT2D eigenvalue weighted by atomic mass is 10.1. The van der Waals surface area contributed by atoms with Crippen LogP contribution in [0.2, 0.25) is 0 Å². The zero-order chi connectivity index (χ0) is 20.6. The van der Waals surface area contributed by atoms with Crippen LogP contribution in [0.3, 0.4) is 0 Å². The predicted octanol–water partition coefficient (Wildman–Crippen LogP) is 1.85. The number of halogens is 1. The summed E-state index contributed by atoms with van der Waals surface area (Å²) in [4.78, 5) is 6.55. The molecule has 3 heterocycles. The largest absolute Gasteiger partial charge is 0.373 e. The molecule has 158 valence electrons. The van der Waals surface area contributed by atoms with E-state index in [2.05, 4.69) is 9.88 Å². The summed E-state index contributed by atoms with van der Waals surface area (Å²) in [5.41, 5.74) is 1.62. The van der Waals surface area contributed by atoms with Crippen LogP contribution in [-0.4, -0.2) is 78.4 Å². The molecule has 0 saturated carbocycles. The van der Waals surface area contributed by atoms with Crippen molar-refractivity contribution in [2.24, 2.45) is 0 Å². The summed E-state index contributed by atoms with van der Waals surface area (Å²) in [6.45, 7) is 7.14. The van der Waals surface area contributed by atoms with E-state index in [1.165, 1.54) is 16.4 Å². The van der Waals surface area contributed by atoms with Gasteiger partial charge in [-0.15, -0.1) is 0 Å². The van der Waals surface area contributed by atoms with Crippen LogP contribution in [0.15, 0.2) is 30.5 Å². The molecule has 1 aromatic carbocycles. The highest BCUT2D eigenvalue weighted by Crippen LogP contribution is 2.22. The van der Waals surface area contributed by atoms with Gasteiger partial charge in [0.05, 0.1) is 17.7 Å². The van der Waals surface area contributed by atoms with Crippen LogP contribution < -0.4 is 0 Å². The van der Waals surface area contributed by atoms with Gasteiger partial charge < -0.3 is 4.74 Å². The average molecular weight is 423 g/mol. The van der Waals surface area contributed by atoms with Gasteiger partial charge in [0.25, 0.3) is 10.2 Å². The number of morpholine rings is 1. The normalized spacial score (nSPS) is 25.5.